The second kappa shape index (κ2) is 8.57. The van der Waals surface area contributed by atoms with Crippen molar-refractivity contribution < 1.29 is 0 Å². The lowest BCUT2D eigenvalue weighted by Crippen LogP contribution is -2.26. The Morgan fingerprint density at radius 3 is 2.67 bits per heavy atom. The molecule has 4 heteroatoms. The highest BCUT2D eigenvalue weighted by Crippen LogP contribution is 2.18. The molecule has 0 fully saturated rings. The van der Waals surface area contributed by atoms with Crippen molar-refractivity contribution in [1.29, 1.82) is 0 Å². The van der Waals surface area contributed by atoms with Gasteiger partial charge in [0.25, 0.3) is 0 Å². The minimum absolute atomic E-state index is 0.319. The molecule has 1 N–H and O–H groups in total. The first-order valence-electron chi connectivity index (χ1n) is 7.98. The van der Waals surface area contributed by atoms with Crippen molar-refractivity contribution in [3.63, 3.8) is 0 Å². The van der Waals surface area contributed by atoms with E-state index in [1.54, 1.807) is 0 Å². The van der Waals surface area contributed by atoms with Gasteiger partial charge in [0.2, 0.25) is 0 Å². The average Bonchev–Trinajstić information content (AvgIpc) is 2.97. The summed E-state index contributed by atoms with van der Waals surface area (Å²) in [5.74, 6) is 1.17. The highest BCUT2D eigenvalue weighted by atomic mass is 15.1. The molecular formula is C17H26N4. The summed E-state index contributed by atoms with van der Waals surface area (Å²) in [5.41, 5.74) is 1.34. The number of nitrogens with one attached hydrogen (secondary N) is 1. The fourth-order valence-electron chi connectivity index (χ4n) is 2.56. The Hall–Kier alpha value is -1.68. The van der Waals surface area contributed by atoms with Crippen LogP contribution < -0.4 is 5.32 Å². The smallest absolute Gasteiger partial charge is 0.125 e. The third-order valence-electron chi connectivity index (χ3n) is 3.64. The standard InChI is InChI=1S/C17H26N4/c1-3-9-19-16(6-5-15-7-10-18-11-8-15)17-20-12-14-21(17)13-4-2/h7-8,10-12,14,16,19H,3-6,9,13H2,1-2H3. The lowest BCUT2D eigenvalue weighted by atomic mass is 10.1. The second-order valence-corrected chi connectivity index (χ2v) is 5.38. The molecule has 2 aromatic heterocycles. The molecule has 2 aromatic rings. The molecule has 0 saturated carbocycles. The van der Waals surface area contributed by atoms with Gasteiger partial charge in [0.05, 0.1) is 6.04 Å². The third-order valence-corrected chi connectivity index (χ3v) is 3.64. The largest absolute Gasteiger partial charge is 0.334 e. The lowest BCUT2D eigenvalue weighted by Gasteiger charge is -2.19. The molecule has 0 saturated heterocycles. The van der Waals surface area contributed by atoms with Crippen LogP contribution in [0, 0.1) is 0 Å². The first-order valence-corrected chi connectivity index (χ1v) is 7.98. The molecule has 4 nitrogen and oxygen atoms in total. The highest BCUT2D eigenvalue weighted by molar-refractivity contribution is 5.11. The average molecular weight is 286 g/mol. The van der Waals surface area contributed by atoms with Crippen LogP contribution in [0.5, 0.6) is 0 Å². The van der Waals surface area contributed by atoms with E-state index in [9.17, 15) is 0 Å². The molecule has 0 aliphatic carbocycles. The molecular weight excluding hydrogens is 260 g/mol. The van der Waals surface area contributed by atoms with E-state index >= 15 is 0 Å². The summed E-state index contributed by atoms with van der Waals surface area (Å²) in [7, 11) is 0. The zero-order valence-corrected chi connectivity index (χ0v) is 13.1. The maximum absolute atomic E-state index is 4.59. The summed E-state index contributed by atoms with van der Waals surface area (Å²) >= 11 is 0. The van der Waals surface area contributed by atoms with Crippen LogP contribution in [0.25, 0.3) is 0 Å². The predicted molar refractivity (Wildman–Crippen MR) is 86.1 cm³/mol. The van der Waals surface area contributed by atoms with Gasteiger partial charge in [0.15, 0.2) is 0 Å². The Bertz CT molecular complexity index is 507. The Morgan fingerprint density at radius 2 is 1.95 bits per heavy atom. The fourth-order valence-corrected chi connectivity index (χ4v) is 2.56. The Balaban J connectivity index is 2.04. The van der Waals surface area contributed by atoms with E-state index in [4.69, 9.17) is 0 Å². The minimum Gasteiger partial charge on any atom is -0.334 e. The van der Waals surface area contributed by atoms with Crippen LogP contribution in [0.1, 0.15) is 50.5 Å². The lowest BCUT2D eigenvalue weighted by molar-refractivity contribution is 0.453. The van der Waals surface area contributed by atoms with Gasteiger partial charge in [-0.25, -0.2) is 4.98 Å². The molecule has 0 radical (unpaired) electrons. The van der Waals surface area contributed by atoms with Gasteiger partial charge in [0, 0.05) is 31.3 Å². The molecule has 0 aliphatic rings. The Labute approximate surface area is 127 Å². The number of aryl methyl sites for hydroxylation is 2. The van der Waals surface area contributed by atoms with E-state index in [1.807, 2.05) is 18.6 Å². The summed E-state index contributed by atoms with van der Waals surface area (Å²) in [5, 5.41) is 3.64. The van der Waals surface area contributed by atoms with Crippen molar-refractivity contribution >= 4 is 0 Å². The SMILES string of the molecule is CCCNC(CCc1ccncc1)c1nccn1CCC. The maximum atomic E-state index is 4.59. The van der Waals surface area contributed by atoms with Gasteiger partial charge >= 0.3 is 0 Å². The number of hydrogen-bond donors (Lipinski definition) is 1. The van der Waals surface area contributed by atoms with Crippen LogP contribution in [0.15, 0.2) is 36.9 Å². The van der Waals surface area contributed by atoms with Crippen molar-refractivity contribution in [2.45, 2.75) is 52.1 Å². The molecule has 2 heterocycles. The Kier molecular flexibility index (Phi) is 6.41. The van der Waals surface area contributed by atoms with E-state index in [1.165, 1.54) is 11.4 Å². The quantitative estimate of drug-likeness (QED) is 0.768. The van der Waals surface area contributed by atoms with Gasteiger partial charge in [-0.2, -0.15) is 0 Å². The van der Waals surface area contributed by atoms with Gasteiger partial charge < -0.3 is 9.88 Å². The minimum atomic E-state index is 0.319. The number of nitrogens with zero attached hydrogens (tertiary/aromatic N) is 3. The van der Waals surface area contributed by atoms with Crippen molar-refractivity contribution in [2.24, 2.45) is 0 Å². The first kappa shape index (κ1) is 15.7. The van der Waals surface area contributed by atoms with Crippen LogP contribution in [-0.4, -0.2) is 21.1 Å². The fraction of sp³-hybridized carbons (Fsp3) is 0.529. The van der Waals surface area contributed by atoms with Gasteiger partial charge in [-0.3, -0.25) is 4.98 Å². The van der Waals surface area contributed by atoms with Crippen LogP contribution in [0.3, 0.4) is 0 Å². The number of pyridine rings is 1. The number of imidazole rings is 1. The molecule has 0 spiro atoms. The first-order chi connectivity index (χ1) is 10.3. The van der Waals surface area contributed by atoms with E-state index in [2.05, 4.69) is 52.0 Å². The Morgan fingerprint density at radius 1 is 1.14 bits per heavy atom. The van der Waals surface area contributed by atoms with E-state index < -0.39 is 0 Å². The molecule has 0 aromatic carbocycles. The normalized spacial score (nSPS) is 12.5. The molecule has 0 aliphatic heterocycles. The van der Waals surface area contributed by atoms with Crippen LogP contribution in [-0.2, 0) is 13.0 Å². The van der Waals surface area contributed by atoms with Crippen molar-refractivity contribution in [3.05, 3.63) is 48.3 Å². The number of aromatic nitrogens is 3. The van der Waals surface area contributed by atoms with Crippen molar-refractivity contribution in [3.8, 4) is 0 Å². The van der Waals surface area contributed by atoms with Crippen LogP contribution >= 0.6 is 0 Å². The molecule has 1 unspecified atom stereocenters. The molecule has 0 amide bonds. The van der Waals surface area contributed by atoms with E-state index in [0.717, 1.165) is 38.8 Å². The summed E-state index contributed by atoms with van der Waals surface area (Å²) in [4.78, 5) is 8.67. The second-order valence-electron chi connectivity index (χ2n) is 5.38. The summed E-state index contributed by atoms with van der Waals surface area (Å²) in [6.45, 7) is 6.47. The number of rotatable bonds is 9. The van der Waals surface area contributed by atoms with E-state index in [-0.39, 0.29) is 0 Å². The molecule has 2 rings (SSSR count). The van der Waals surface area contributed by atoms with Crippen LogP contribution in [0.2, 0.25) is 0 Å². The zero-order chi connectivity index (χ0) is 14.9. The van der Waals surface area contributed by atoms with E-state index in [0.29, 0.717) is 6.04 Å². The van der Waals surface area contributed by atoms with Crippen molar-refractivity contribution in [2.75, 3.05) is 6.54 Å². The third kappa shape index (κ3) is 4.67. The zero-order valence-electron chi connectivity index (χ0n) is 13.1. The molecule has 21 heavy (non-hydrogen) atoms. The molecule has 0 bridgehead atoms. The van der Waals surface area contributed by atoms with Crippen molar-refractivity contribution in [1.82, 2.24) is 19.9 Å². The van der Waals surface area contributed by atoms with Gasteiger partial charge in [0.1, 0.15) is 5.82 Å². The summed E-state index contributed by atoms with van der Waals surface area (Å²) in [6.07, 6.45) is 12.1. The van der Waals surface area contributed by atoms with Gasteiger partial charge in [-0.15, -0.1) is 0 Å². The van der Waals surface area contributed by atoms with Crippen LogP contribution in [0.4, 0.5) is 0 Å². The molecule has 1 atom stereocenters. The number of hydrogen-bond acceptors (Lipinski definition) is 3. The topological polar surface area (TPSA) is 42.7 Å². The highest BCUT2D eigenvalue weighted by Gasteiger charge is 2.16. The maximum Gasteiger partial charge on any atom is 0.125 e. The summed E-state index contributed by atoms with van der Waals surface area (Å²) < 4.78 is 2.28. The predicted octanol–water partition coefficient (Wildman–Crippen LogP) is 3.36. The monoisotopic (exact) mass is 286 g/mol. The van der Waals surface area contributed by atoms with Gasteiger partial charge in [-0.1, -0.05) is 13.8 Å². The summed E-state index contributed by atoms with van der Waals surface area (Å²) in [6, 6.07) is 4.50. The molecule has 114 valence electrons. The van der Waals surface area contributed by atoms with Gasteiger partial charge in [-0.05, 0) is 49.9 Å².